The van der Waals surface area contributed by atoms with Gasteiger partial charge in [-0.15, -0.1) is 0 Å². The van der Waals surface area contributed by atoms with E-state index in [0.717, 1.165) is 11.5 Å². The summed E-state index contributed by atoms with van der Waals surface area (Å²) < 4.78 is 0. The molecule has 90 valence electrons. The molecule has 2 aromatic rings. The van der Waals surface area contributed by atoms with Gasteiger partial charge in [-0.25, -0.2) is 9.97 Å². The van der Waals surface area contributed by atoms with Crippen molar-refractivity contribution in [2.75, 3.05) is 17.3 Å². The SMILES string of the molecule is Cc1cccc(N(C)c2cc(NC#N)ncn2)c1. The van der Waals surface area contributed by atoms with Crippen LogP contribution in [0.1, 0.15) is 5.56 Å². The summed E-state index contributed by atoms with van der Waals surface area (Å²) >= 11 is 0. The fourth-order valence-electron chi connectivity index (χ4n) is 1.62. The Bertz CT molecular complexity index is 588. The second-order valence-corrected chi connectivity index (χ2v) is 3.90. The fourth-order valence-corrected chi connectivity index (χ4v) is 1.62. The number of hydrogen-bond acceptors (Lipinski definition) is 5. The highest BCUT2D eigenvalue weighted by Crippen LogP contribution is 2.23. The Morgan fingerprint density at radius 3 is 2.83 bits per heavy atom. The molecular formula is C13H13N5. The number of nitrogens with one attached hydrogen (secondary N) is 1. The third kappa shape index (κ3) is 2.55. The van der Waals surface area contributed by atoms with E-state index >= 15 is 0 Å². The molecule has 0 atom stereocenters. The van der Waals surface area contributed by atoms with Gasteiger partial charge < -0.3 is 4.90 Å². The van der Waals surface area contributed by atoms with Crippen LogP contribution in [0, 0.1) is 18.4 Å². The summed E-state index contributed by atoms with van der Waals surface area (Å²) in [6.07, 6.45) is 3.27. The predicted octanol–water partition coefficient (Wildman–Crippen LogP) is 2.45. The normalized spacial score (nSPS) is 9.61. The van der Waals surface area contributed by atoms with Crippen molar-refractivity contribution >= 4 is 17.3 Å². The second kappa shape index (κ2) is 5.15. The molecule has 0 spiro atoms. The Balaban J connectivity index is 2.31. The molecule has 0 aliphatic heterocycles. The van der Waals surface area contributed by atoms with Crippen LogP contribution in [0.4, 0.5) is 17.3 Å². The molecule has 0 unspecified atom stereocenters. The van der Waals surface area contributed by atoms with E-state index in [0.29, 0.717) is 5.82 Å². The molecule has 2 rings (SSSR count). The summed E-state index contributed by atoms with van der Waals surface area (Å²) in [6, 6.07) is 9.84. The van der Waals surface area contributed by atoms with Gasteiger partial charge in [0.2, 0.25) is 0 Å². The van der Waals surface area contributed by atoms with Gasteiger partial charge in [-0.2, -0.15) is 5.26 Å². The lowest BCUT2D eigenvalue weighted by Gasteiger charge is -2.18. The monoisotopic (exact) mass is 239 g/mol. The van der Waals surface area contributed by atoms with E-state index in [1.165, 1.54) is 11.9 Å². The summed E-state index contributed by atoms with van der Waals surface area (Å²) in [5, 5.41) is 11.1. The standard InChI is InChI=1S/C13H13N5/c1-10-4-3-5-11(6-10)18(2)13-7-12(15-8-14)16-9-17-13/h3-7,9H,1-2H3,(H,15,16,17). The number of rotatable bonds is 3. The van der Waals surface area contributed by atoms with E-state index in [-0.39, 0.29) is 0 Å². The molecule has 1 heterocycles. The van der Waals surface area contributed by atoms with Crippen molar-refractivity contribution in [3.05, 3.63) is 42.2 Å². The lowest BCUT2D eigenvalue weighted by Crippen LogP contribution is -2.11. The average Bonchev–Trinajstić information content (AvgIpc) is 2.39. The van der Waals surface area contributed by atoms with E-state index in [9.17, 15) is 0 Å². The molecule has 1 aromatic heterocycles. The van der Waals surface area contributed by atoms with Crippen LogP contribution in [0.5, 0.6) is 0 Å². The van der Waals surface area contributed by atoms with Gasteiger partial charge in [0, 0.05) is 18.8 Å². The van der Waals surface area contributed by atoms with E-state index in [1.807, 2.05) is 43.3 Å². The molecule has 1 aromatic carbocycles. The highest BCUT2D eigenvalue weighted by atomic mass is 15.2. The van der Waals surface area contributed by atoms with Crippen LogP contribution in [0.3, 0.4) is 0 Å². The van der Waals surface area contributed by atoms with Gasteiger partial charge in [-0.3, -0.25) is 5.32 Å². The van der Waals surface area contributed by atoms with Crippen molar-refractivity contribution in [1.82, 2.24) is 9.97 Å². The molecule has 1 N–H and O–H groups in total. The number of nitrogens with zero attached hydrogens (tertiary/aromatic N) is 4. The van der Waals surface area contributed by atoms with Gasteiger partial charge in [0.25, 0.3) is 0 Å². The van der Waals surface area contributed by atoms with Crippen molar-refractivity contribution in [2.24, 2.45) is 0 Å². The first-order valence-corrected chi connectivity index (χ1v) is 5.48. The maximum absolute atomic E-state index is 8.57. The van der Waals surface area contributed by atoms with Gasteiger partial charge in [-0.05, 0) is 24.6 Å². The quantitative estimate of drug-likeness (QED) is 0.658. The molecule has 5 heteroatoms. The Hall–Kier alpha value is -2.61. The third-order valence-corrected chi connectivity index (χ3v) is 2.57. The Kier molecular flexibility index (Phi) is 3.39. The molecule has 18 heavy (non-hydrogen) atoms. The van der Waals surface area contributed by atoms with E-state index in [2.05, 4.69) is 21.4 Å². The topological polar surface area (TPSA) is 64.8 Å². The smallest absolute Gasteiger partial charge is 0.182 e. The number of nitriles is 1. The lowest BCUT2D eigenvalue weighted by atomic mass is 10.2. The summed E-state index contributed by atoms with van der Waals surface area (Å²) in [4.78, 5) is 10.1. The molecule has 0 radical (unpaired) electrons. The van der Waals surface area contributed by atoms with Crippen LogP contribution < -0.4 is 10.2 Å². The third-order valence-electron chi connectivity index (χ3n) is 2.57. The van der Waals surface area contributed by atoms with Crippen molar-refractivity contribution in [3.63, 3.8) is 0 Å². The number of anilines is 3. The van der Waals surface area contributed by atoms with Crippen LogP contribution in [0.25, 0.3) is 0 Å². The largest absolute Gasteiger partial charge is 0.329 e. The first-order chi connectivity index (χ1) is 8.70. The maximum atomic E-state index is 8.57. The van der Waals surface area contributed by atoms with Crippen LogP contribution in [0.15, 0.2) is 36.7 Å². The van der Waals surface area contributed by atoms with Crippen LogP contribution >= 0.6 is 0 Å². The maximum Gasteiger partial charge on any atom is 0.182 e. The summed E-state index contributed by atoms with van der Waals surface area (Å²) in [5.74, 6) is 1.22. The number of hydrogen-bond donors (Lipinski definition) is 1. The van der Waals surface area contributed by atoms with Gasteiger partial charge in [0.1, 0.15) is 18.0 Å². The summed E-state index contributed by atoms with van der Waals surface area (Å²) in [6.45, 7) is 2.04. The highest BCUT2D eigenvalue weighted by molar-refractivity contribution is 5.62. The Morgan fingerprint density at radius 2 is 2.11 bits per heavy atom. The minimum atomic E-state index is 0.488. The minimum absolute atomic E-state index is 0.488. The van der Waals surface area contributed by atoms with Crippen molar-refractivity contribution < 1.29 is 0 Å². The van der Waals surface area contributed by atoms with Crippen LogP contribution in [-0.4, -0.2) is 17.0 Å². The van der Waals surface area contributed by atoms with Crippen molar-refractivity contribution in [2.45, 2.75) is 6.92 Å². The van der Waals surface area contributed by atoms with Crippen LogP contribution in [-0.2, 0) is 0 Å². The lowest BCUT2D eigenvalue weighted by molar-refractivity contribution is 1.08. The molecule has 0 fully saturated rings. The fraction of sp³-hybridized carbons (Fsp3) is 0.154. The second-order valence-electron chi connectivity index (χ2n) is 3.90. The van der Waals surface area contributed by atoms with Gasteiger partial charge in [0.15, 0.2) is 6.19 Å². The number of aryl methyl sites for hydroxylation is 1. The van der Waals surface area contributed by atoms with Crippen molar-refractivity contribution in [3.8, 4) is 6.19 Å². The zero-order valence-corrected chi connectivity index (χ0v) is 10.3. The first kappa shape index (κ1) is 11.9. The average molecular weight is 239 g/mol. The molecular weight excluding hydrogens is 226 g/mol. The molecule has 0 bridgehead atoms. The Morgan fingerprint density at radius 1 is 1.28 bits per heavy atom. The van der Waals surface area contributed by atoms with E-state index in [1.54, 1.807) is 6.07 Å². The molecule has 0 aliphatic carbocycles. The van der Waals surface area contributed by atoms with Crippen LogP contribution in [0.2, 0.25) is 0 Å². The van der Waals surface area contributed by atoms with Gasteiger partial charge >= 0.3 is 0 Å². The number of benzene rings is 1. The van der Waals surface area contributed by atoms with E-state index in [4.69, 9.17) is 5.26 Å². The summed E-state index contributed by atoms with van der Waals surface area (Å²) in [5.41, 5.74) is 2.22. The molecule has 0 saturated carbocycles. The minimum Gasteiger partial charge on any atom is -0.329 e. The van der Waals surface area contributed by atoms with E-state index < -0.39 is 0 Å². The predicted molar refractivity (Wildman–Crippen MR) is 70.5 cm³/mol. The molecule has 5 nitrogen and oxygen atoms in total. The highest BCUT2D eigenvalue weighted by Gasteiger charge is 2.06. The van der Waals surface area contributed by atoms with Crippen molar-refractivity contribution in [1.29, 1.82) is 5.26 Å². The Labute approximate surface area is 106 Å². The molecule has 0 amide bonds. The molecule has 0 aliphatic rings. The number of aromatic nitrogens is 2. The van der Waals surface area contributed by atoms with Gasteiger partial charge in [-0.1, -0.05) is 12.1 Å². The first-order valence-electron chi connectivity index (χ1n) is 5.48. The molecule has 0 saturated heterocycles. The zero-order valence-electron chi connectivity index (χ0n) is 10.3. The zero-order chi connectivity index (χ0) is 13.0. The van der Waals surface area contributed by atoms with Gasteiger partial charge in [0.05, 0.1) is 0 Å². The summed E-state index contributed by atoms with van der Waals surface area (Å²) in [7, 11) is 1.92.